The maximum absolute atomic E-state index is 14.7. The Morgan fingerprint density at radius 3 is 2.36 bits per heavy atom. The van der Waals surface area contributed by atoms with Crippen molar-refractivity contribution < 1.29 is 27.9 Å². The highest BCUT2D eigenvalue weighted by Crippen LogP contribution is 2.48. The number of imidazole rings is 1. The third kappa shape index (κ3) is 7.76. The molecule has 3 aromatic carbocycles. The maximum Gasteiger partial charge on any atom is 0.459 e. The highest BCUT2D eigenvalue weighted by Gasteiger charge is 2.36. The minimum absolute atomic E-state index is 0.0322. The van der Waals surface area contributed by atoms with E-state index in [1.165, 1.54) is 0 Å². The van der Waals surface area contributed by atoms with Gasteiger partial charge < -0.3 is 24.3 Å². The Hall–Kier alpha value is -4.02. The van der Waals surface area contributed by atoms with E-state index in [0.29, 0.717) is 29.5 Å². The zero-order chi connectivity index (χ0) is 33.9. The fourth-order valence-electron chi connectivity index (χ4n) is 5.44. The van der Waals surface area contributed by atoms with Crippen molar-refractivity contribution in [3.05, 3.63) is 72.6 Å². The zero-order valence-electron chi connectivity index (χ0n) is 28.0. The van der Waals surface area contributed by atoms with E-state index in [-0.39, 0.29) is 19.1 Å². The average molecular weight is 662 g/mol. The van der Waals surface area contributed by atoms with E-state index in [0.717, 1.165) is 27.2 Å². The van der Waals surface area contributed by atoms with Gasteiger partial charge in [-0.1, -0.05) is 68.4 Å². The molecular weight excluding hydrogens is 617 g/mol. The molecule has 47 heavy (non-hydrogen) atoms. The van der Waals surface area contributed by atoms with Crippen molar-refractivity contribution in [2.45, 2.75) is 72.8 Å². The summed E-state index contributed by atoms with van der Waals surface area (Å²) in [7, 11) is -4.22. The second-order valence-corrected chi connectivity index (χ2v) is 14.5. The lowest BCUT2D eigenvalue weighted by Crippen LogP contribution is -2.39. The summed E-state index contributed by atoms with van der Waals surface area (Å²) in [6, 6.07) is 19.4. The van der Waals surface area contributed by atoms with Crippen LogP contribution in [-0.4, -0.2) is 45.4 Å². The number of carbonyl (C=O) groups is 1. The van der Waals surface area contributed by atoms with Gasteiger partial charge in [0.25, 0.3) is 0 Å². The van der Waals surface area contributed by atoms with Crippen LogP contribution in [0.3, 0.4) is 0 Å². The molecule has 11 nitrogen and oxygen atoms in total. The number of anilines is 1. The SMILES string of the molecule is CCOCc1nc2c(N)nc3ccccc3c2n1[C@@H](COP(=O)(N[C@@H](C)C(=O)OC(C)(C)C)Oc1cccc2ccccc12)C(C)C. The standard InChI is InChI=1S/C35H44N5O6P/c1-8-43-21-30-38-31-32(26-17-11-12-18-27(26)37-33(31)36)40(30)28(22(2)3)20-44-47(42,39-23(4)34(41)45-35(5,6)7)46-29-19-13-15-24-14-9-10-16-25(24)29/h9-19,22-23,28H,8,20-21H2,1-7H3,(H2,36,37)(H,39,42)/t23-,28-,47?/m0/s1. The lowest BCUT2D eigenvalue weighted by Gasteiger charge is -2.29. The van der Waals surface area contributed by atoms with Gasteiger partial charge in [-0.2, -0.15) is 5.09 Å². The molecule has 5 rings (SSSR count). The third-order valence-electron chi connectivity index (χ3n) is 7.66. The maximum atomic E-state index is 14.7. The summed E-state index contributed by atoms with van der Waals surface area (Å²) in [4.78, 5) is 22.5. The first kappa shape index (κ1) is 34.3. The quantitative estimate of drug-likeness (QED) is 0.0959. The third-order valence-corrected chi connectivity index (χ3v) is 9.29. The van der Waals surface area contributed by atoms with Gasteiger partial charge in [-0.3, -0.25) is 9.32 Å². The van der Waals surface area contributed by atoms with E-state index in [2.05, 4.69) is 14.6 Å². The van der Waals surface area contributed by atoms with Crippen LogP contribution >= 0.6 is 7.75 Å². The van der Waals surface area contributed by atoms with E-state index < -0.39 is 31.4 Å². The smallest absolute Gasteiger partial charge is 0.459 e. The van der Waals surface area contributed by atoms with Crippen molar-refractivity contribution in [3.8, 4) is 5.75 Å². The first-order chi connectivity index (χ1) is 22.3. The van der Waals surface area contributed by atoms with Crippen molar-refractivity contribution in [2.75, 3.05) is 18.9 Å². The Labute approximate surface area is 275 Å². The second-order valence-electron chi connectivity index (χ2n) is 12.8. The number of ether oxygens (including phenoxy) is 2. The minimum atomic E-state index is -4.22. The number of hydrogen-bond donors (Lipinski definition) is 2. The number of para-hydroxylation sites is 1. The number of fused-ring (bicyclic) bond motifs is 4. The van der Waals surface area contributed by atoms with Crippen molar-refractivity contribution >= 4 is 52.2 Å². The largest absolute Gasteiger partial charge is 0.459 e. The molecule has 0 bridgehead atoms. The molecule has 5 aromatic rings. The van der Waals surface area contributed by atoms with Gasteiger partial charge in [-0.05, 0) is 58.1 Å². The van der Waals surface area contributed by atoms with Crippen LogP contribution in [-0.2, 0) is 30.0 Å². The summed E-state index contributed by atoms with van der Waals surface area (Å²) in [5, 5.41) is 5.37. The molecule has 2 heterocycles. The number of hydrogen-bond acceptors (Lipinski definition) is 9. The molecule has 250 valence electrons. The Morgan fingerprint density at radius 1 is 0.979 bits per heavy atom. The number of benzene rings is 3. The monoisotopic (exact) mass is 661 g/mol. The molecule has 0 saturated carbocycles. The highest BCUT2D eigenvalue weighted by atomic mass is 31.2. The first-order valence-corrected chi connectivity index (χ1v) is 17.4. The van der Waals surface area contributed by atoms with E-state index >= 15 is 0 Å². The number of carbonyl (C=O) groups excluding carboxylic acids is 1. The van der Waals surface area contributed by atoms with Crippen molar-refractivity contribution in [1.29, 1.82) is 0 Å². The number of pyridine rings is 1. The van der Waals surface area contributed by atoms with Crippen LogP contribution in [0.25, 0.3) is 32.7 Å². The lowest BCUT2D eigenvalue weighted by atomic mass is 10.0. The topological polar surface area (TPSA) is 140 Å². The summed E-state index contributed by atoms with van der Waals surface area (Å²) < 4.78 is 40.7. The van der Waals surface area contributed by atoms with Crippen LogP contribution in [0.1, 0.15) is 60.3 Å². The Balaban J connectivity index is 1.57. The van der Waals surface area contributed by atoms with Gasteiger partial charge in [0.15, 0.2) is 5.82 Å². The lowest BCUT2D eigenvalue weighted by molar-refractivity contribution is -0.156. The molecule has 1 unspecified atom stereocenters. The van der Waals surface area contributed by atoms with Crippen LogP contribution < -0.4 is 15.3 Å². The molecule has 3 N–H and O–H groups in total. The predicted molar refractivity (Wildman–Crippen MR) is 185 cm³/mol. The fourth-order valence-corrected chi connectivity index (χ4v) is 6.96. The van der Waals surface area contributed by atoms with Crippen LogP contribution in [0.15, 0.2) is 66.7 Å². The molecule has 0 fully saturated rings. The molecule has 2 aromatic heterocycles. The van der Waals surface area contributed by atoms with Gasteiger partial charge in [0, 0.05) is 17.4 Å². The molecule has 12 heteroatoms. The molecule has 0 aliphatic rings. The van der Waals surface area contributed by atoms with Gasteiger partial charge in [-0.15, -0.1) is 0 Å². The first-order valence-electron chi connectivity index (χ1n) is 15.9. The van der Waals surface area contributed by atoms with Crippen LogP contribution in [0.2, 0.25) is 0 Å². The number of nitrogen functional groups attached to an aromatic ring is 1. The second kappa shape index (κ2) is 14.0. The van der Waals surface area contributed by atoms with Gasteiger partial charge in [0.1, 0.15) is 35.3 Å². The van der Waals surface area contributed by atoms with Crippen molar-refractivity contribution in [2.24, 2.45) is 5.92 Å². The molecule has 3 atom stereocenters. The molecule has 0 aliphatic heterocycles. The number of nitrogens with one attached hydrogen (secondary N) is 1. The van der Waals surface area contributed by atoms with Crippen LogP contribution in [0, 0.1) is 5.92 Å². The number of rotatable bonds is 13. The van der Waals surface area contributed by atoms with Gasteiger partial charge in [-0.25, -0.2) is 14.5 Å². The number of nitrogens with two attached hydrogens (primary N) is 1. The van der Waals surface area contributed by atoms with Crippen molar-refractivity contribution in [3.63, 3.8) is 0 Å². The Bertz CT molecular complexity index is 1930. The molecule has 0 amide bonds. The Kier molecular flexibility index (Phi) is 10.2. The molecule has 0 radical (unpaired) electrons. The van der Waals surface area contributed by atoms with Gasteiger partial charge in [0.2, 0.25) is 0 Å². The van der Waals surface area contributed by atoms with E-state index in [1.54, 1.807) is 33.8 Å². The molecule has 0 spiro atoms. The predicted octanol–water partition coefficient (Wildman–Crippen LogP) is 7.58. The molecule has 0 aliphatic carbocycles. The number of esters is 1. The summed E-state index contributed by atoms with van der Waals surface area (Å²) in [5.41, 5.74) is 7.75. The summed E-state index contributed by atoms with van der Waals surface area (Å²) >= 11 is 0. The highest BCUT2D eigenvalue weighted by molar-refractivity contribution is 7.52. The number of aromatic nitrogens is 3. The minimum Gasteiger partial charge on any atom is -0.459 e. The average Bonchev–Trinajstić information content (AvgIpc) is 3.39. The number of nitrogens with zero attached hydrogens (tertiary/aromatic N) is 3. The Morgan fingerprint density at radius 2 is 1.66 bits per heavy atom. The van der Waals surface area contributed by atoms with Crippen LogP contribution in [0.4, 0.5) is 5.82 Å². The zero-order valence-corrected chi connectivity index (χ0v) is 28.9. The molecule has 0 saturated heterocycles. The van der Waals surface area contributed by atoms with E-state index in [1.807, 2.05) is 81.4 Å². The summed E-state index contributed by atoms with van der Waals surface area (Å²) in [6.45, 7) is 13.5. The normalized spacial score (nSPS) is 14.8. The summed E-state index contributed by atoms with van der Waals surface area (Å²) in [6.07, 6.45) is 0. The van der Waals surface area contributed by atoms with Gasteiger partial charge in [0.05, 0.1) is 23.7 Å². The van der Waals surface area contributed by atoms with Crippen molar-refractivity contribution in [1.82, 2.24) is 19.6 Å². The van der Waals surface area contributed by atoms with E-state index in [9.17, 15) is 9.36 Å². The van der Waals surface area contributed by atoms with Crippen LogP contribution in [0.5, 0.6) is 5.75 Å². The van der Waals surface area contributed by atoms with E-state index in [4.69, 9.17) is 29.2 Å². The fraction of sp³-hybridized carbons (Fsp3) is 0.400. The van der Waals surface area contributed by atoms with Gasteiger partial charge >= 0.3 is 13.7 Å². The molecular formula is C35H44N5O6P. The summed E-state index contributed by atoms with van der Waals surface area (Å²) in [5.74, 6) is 0.671.